The van der Waals surface area contributed by atoms with Gasteiger partial charge in [-0.2, -0.15) is 0 Å². The Bertz CT molecular complexity index is 394. The van der Waals surface area contributed by atoms with Crippen LogP contribution in [-0.2, 0) is 4.79 Å². The van der Waals surface area contributed by atoms with Crippen molar-refractivity contribution in [3.8, 4) is 5.75 Å². The first-order chi connectivity index (χ1) is 8.45. The molecule has 1 aromatic rings. The molecule has 0 aliphatic heterocycles. The molecule has 2 unspecified atom stereocenters. The molecule has 0 heterocycles. The first kappa shape index (κ1) is 15.0. The number of hydrogen-bond donors (Lipinski definition) is 1. The van der Waals surface area contributed by atoms with E-state index in [-0.39, 0.29) is 11.9 Å². The third-order valence-electron chi connectivity index (χ3n) is 2.82. The summed E-state index contributed by atoms with van der Waals surface area (Å²) < 4.78 is 6.57. The minimum atomic E-state index is -0.523. The van der Waals surface area contributed by atoms with Gasteiger partial charge in [0.2, 0.25) is 0 Å². The number of likely N-dealkylation sites (N-methyl/N-ethyl adjacent to an activating group) is 1. The number of hydrogen-bond acceptors (Lipinski definition) is 3. The van der Waals surface area contributed by atoms with Crippen LogP contribution in [0, 0.1) is 0 Å². The molecule has 5 heteroatoms. The predicted octanol–water partition coefficient (Wildman–Crippen LogP) is 2.02. The summed E-state index contributed by atoms with van der Waals surface area (Å²) >= 11 is 3.35. The molecule has 0 saturated carbocycles. The highest BCUT2D eigenvalue weighted by Crippen LogP contribution is 2.17. The number of nitrogens with zero attached hydrogens (tertiary/aromatic N) is 1. The lowest BCUT2D eigenvalue weighted by Gasteiger charge is -2.26. The quantitative estimate of drug-likeness (QED) is 0.904. The van der Waals surface area contributed by atoms with Crippen LogP contribution in [0.2, 0.25) is 0 Å². The van der Waals surface area contributed by atoms with Crippen molar-refractivity contribution in [3.63, 3.8) is 0 Å². The van der Waals surface area contributed by atoms with Crippen molar-refractivity contribution >= 4 is 21.8 Å². The monoisotopic (exact) mass is 314 g/mol. The van der Waals surface area contributed by atoms with E-state index in [1.165, 1.54) is 0 Å². The third-order valence-corrected chi connectivity index (χ3v) is 3.35. The molecule has 0 radical (unpaired) electrons. The number of amides is 1. The second kappa shape index (κ2) is 6.75. The number of rotatable bonds is 5. The number of ether oxygens (including phenoxy) is 1. The molecule has 100 valence electrons. The molecule has 18 heavy (non-hydrogen) atoms. The minimum absolute atomic E-state index is 0.00784. The molecule has 0 aromatic heterocycles. The van der Waals surface area contributed by atoms with Gasteiger partial charge in [-0.15, -0.1) is 0 Å². The topological polar surface area (TPSA) is 55.6 Å². The van der Waals surface area contributed by atoms with E-state index >= 15 is 0 Å². The van der Waals surface area contributed by atoms with Crippen LogP contribution in [0.25, 0.3) is 0 Å². The molecule has 0 aliphatic carbocycles. The molecule has 0 fully saturated rings. The largest absolute Gasteiger partial charge is 0.481 e. The Kier molecular flexibility index (Phi) is 5.62. The van der Waals surface area contributed by atoms with E-state index < -0.39 is 6.10 Å². The summed E-state index contributed by atoms with van der Waals surface area (Å²) in [5, 5.41) is 0. The minimum Gasteiger partial charge on any atom is -0.481 e. The van der Waals surface area contributed by atoms with Gasteiger partial charge in [0.15, 0.2) is 6.10 Å². The smallest absolute Gasteiger partial charge is 0.263 e. The summed E-state index contributed by atoms with van der Waals surface area (Å²) in [4.78, 5) is 13.7. The molecular formula is C13H19BrN2O2. The van der Waals surface area contributed by atoms with Crippen LogP contribution in [0.4, 0.5) is 0 Å². The van der Waals surface area contributed by atoms with Gasteiger partial charge < -0.3 is 15.4 Å². The van der Waals surface area contributed by atoms with Gasteiger partial charge in [0.05, 0.1) is 0 Å². The molecule has 4 nitrogen and oxygen atoms in total. The van der Waals surface area contributed by atoms with Gasteiger partial charge in [-0.25, -0.2) is 0 Å². The first-order valence-electron chi connectivity index (χ1n) is 5.84. The maximum Gasteiger partial charge on any atom is 0.263 e. The van der Waals surface area contributed by atoms with Gasteiger partial charge in [-0.05, 0) is 38.1 Å². The Hall–Kier alpha value is -1.07. The maximum absolute atomic E-state index is 12.1. The number of carbonyl (C=O) groups excluding carboxylic acids is 1. The summed E-state index contributed by atoms with van der Waals surface area (Å²) in [7, 11) is 1.74. The van der Waals surface area contributed by atoms with E-state index in [0.717, 1.165) is 4.47 Å². The van der Waals surface area contributed by atoms with Gasteiger partial charge in [0.1, 0.15) is 5.75 Å². The molecule has 2 N–H and O–H groups in total. The number of halogens is 1. The van der Waals surface area contributed by atoms with Crippen molar-refractivity contribution < 1.29 is 9.53 Å². The number of carbonyl (C=O) groups is 1. The Balaban J connectivity index is 2.62. The standard InChI is InChI=1S/C13H19BrN2O2/c1-9(8-15)16(3)13(17)10(2)18-12-6-4-11(14)5-7-12/h4-7,9-10H,8,15H2,1-3H3. The van der Waals surface area contributed by atoms with Gasteiger partial charge in [-0.1, -0.05) is 15.9 Å². The van der Waals surface area contributed by atoms with Crippen LogP contribution < -0.4 is 10.5 Å². The van der Waals surface area contributed by atoms with E-state index in [0.29, 0.717) is 12.3 Å². The van der Waals surface area contributed by atoms with E-state index in [1.807, 2.05) is 31.2 Å². The lowest BCUT2D eigenvalue weighted by Crippen LogP contribution is -2.45. The van der Waals surface area contributed by atoms with Crippen LogP contribution in [0.1, 0.15) is 13.8 Å². The summed E-state index contributed by atoms with van der Waals surface area (Å²) in [6, 6.07) is 7.39. The van der Waals surface area contributed by atoms with Crippen molar-refractivity contribution in [1.82, 2.24) is 4.90 Å². The Morgan fingerprint density at radius 2 is 1.94 bits per heavy atom. The Labute approximate surface area is 116 Å². The lowest BCUT2D eigenvalue weighted by molar-refractivity contribution is -0.138. The normalized spacial score (nSPS) is 13.8. The van der Waals surface area contributed by atoms with Crippen LogP contribution in [-0.4, -0.2) is 36.5 Å². The SMILES string of the molecule is CC(Oc1ccc(Br)cc1)C(=O)N(C)C(C)CN. The number of nitrogens with two attached hydrogens (primary N) is 1. The second-order valence-electron chi connectivity index (χ2n) is 4.25. The molecule has 1 rings (SSSR count). The lowest BCUT2D eigenvalue weighted by atomic mass is 10.2. The van der Waals surface area contributed by atoms with E-state index in [9.17, 15) is 4.79 Å². The molecule has 1 amide bonds. The first-order valence-corrected chi connectivity index (χ1v) is 6.64. The van der Waals surface area contributed by atoms with Crippen molar-refractivity contribution in [1.29, 1.82) is 0 Å². The van der Waals surface area contributed by atoms with Crippen molar-refractivity contribution in [2.45, 2.75) is 26.0 Å². The second-order valence-corrected chi connectivity index (χ2v) is 5.16. The van der Waals surface area contributed by atoms with Gasteiger partial charge >= 0.3 is 0 Å². The molecule has 0 aliphatic rings. The van der Waals surface area contributed by atoms with Gasteiger partial charge in [0.25, 0.3) is 5.91 Å². The average Bonchev–Trinajstić information content (AvgIpc) is 2.38. The van der Waals surface area contributed by atoms with E-state index in [1.54, 1.807) is 18.9 Å². The fourth-order valence-electron chi connectivity index (χ4n) is 1.43. The van der Waals surface area contributed by atoms with Crippen molar-refractivity contribution in [3.05, 3.63) is 28.7 Å². The summed E-state index contributed by atoms with van der Waals surface area (Å²) in [6.45, 7) is 4.08. The van der Waals surface area contributed by atoms with Crippen molar-refractivity contribution in [2.75, 3.05) is 13.6 Å². The highest BCUT2D eigenvalue weighted by Gasteiger charge is 2.22. The van der Waals surface area contributed by atoms with Crippen molar-refractivity contribution in [2.24, 2.45) is 5.73 Å². The Morgan fingerprint density at radius 3 is 2.44 bits per heavy atom. The zero-order valence-corrected chi connectivity index (χ0v) is 12.5. The fraction of sp³-hybridized carbons (Fsp3) is 0.462. The highest BCUT2D eigenvalue weighted by atomic mass is 79.9. The zero-order valence-electron chi connectivity index (χ0n) is 10.9. The maximum atomic E-state index is 12.1. The molecule has 2 atom stereocenters. The molecular weight excluding hydrogens is 296 g/mol. The molecule has 1 aromatic carbocycles. The predicted molar refractivity (Wildman–Crippen MR) is 75.5 cm³/mol. The molecule has 0 saturated heterocycles. The van der Waals surface area contributed by atoms with Crippen LogP contribution in [0.15, 0.2) is 28.7 Å². The average molecular weight is 315 g/mol. The number of benzene rings is 1. The van der Waals surface area contributed by atoms with Gasteiger partial charge in [0, 0.05) is 24.1 Å². The van der Waals surface area contributed by atoms with Crippen LogP contribution in [0.3, 0.4) is 0 Å². The summed E-state index contributed by atoms with van der Waals surface area (Å²) in [5.74, 6) is 0.601. The molecule has 0 bridgehead atoms. The van der Waals surface area contributed by atoms with Crippen LogP contribution in [0.5, 0.6) is 5.75 Å². The fourth-order valence-corrected chi connectivity index (χ4v) is 1.69. The highest BCUT2D eigenvalue weighted by molar-refractivity contribution is 9.10. The summed E-state index contributed by atoms with van der Waals surface area (Å²) in [5.41, 5.74) is 5.54. The Morgan fingerprint density at radius 1 is 1.39 bits per heavy atom. The van der Waals surface area contributed by atoms with E-state index in [4.69, 9.17) is 10.5 Å². The third kappa shape index (κ3) is 3.99. The summed E-state index contributed by atoms with van der Waals surface area (Å²) in [6.07, 6.45) is -0.523. The van der Waals surface area contributed by atoms with Crippen LogP contribution >= 0.6 is 15.9 Å². The zero-order chi connectivity index (χ0) is 13.7. The van der Waals surface area contributed by atoms with Gasteiger partial charge in [-0.3, -0.25) is 4.79 Å². The van der Waals surface area contributed by atoms with E-state index in [2.05, 4.69) is 15.9 Å². The molecule has 0 spiro atoms.